The van der Waals surface area contributed by atoms with Crippen molar-refractivity contribution in [1.29, 1.82) is 0 Å². The van der Waals surface area contributed by atoms with Gasteiger partial charge in [0.25, 0.3) is 5.65 Å². The van der Waals surface area contributed by atoms with Crippen LogP contribution in [0.15, 0.2) is 67.3 Å². The third kappa shape index (κ3) is 13.2. The normalized spacial score (nSPS) is 22.0. The molecule has 1 aliphatic rings. The first-order chi connectivity index (χ1) is 29.7. The molecule has 5 atom stereocenters. The Kier molecular flexibility index (Phi) is 17.2. The molecular weight excluding hydrogens is 841 g/mol. The van der Waals surface area contributed by atoms with Gasteiger partial charge >= 0.3 is 5.97 Å². The Labute approximate surface area is 365 Å². The summed E-state index contributed by atoms with van der Waals surface area (Å²) in [6.45, 7) is 2.83. The van der Waals surface area contributed by atoms with Crippen molar-refractivity contribution in [1.82, 2.24) is 40.9 Å². The Morgan fingerprint density at radius 2 is 1.63 bits per heavy atom. The van der Waals surface area contributed by atoms with Gasteiger partial charge in [0.1, 0.15) is 42.6 Å². The van der Waals surface area contributed by atoms with Gasteiger partial charge < -0.3 is 47.3 Å². The van der Waals surface area contributed by atoms with Crippen LogP contribution in [0.3, 0.4) is 0 Å². The predicted molar refractivity (Wildman–Crippen MR) is 232 cm³/mol. The molecule has 0 spiro atoms. The van der Waals surface area contributed by atoms with Gasteiger partial charge in [-0.25, -0.2) is 8.97 Å². The highest BCUT2D eigenvalue weighted by atomic mass is 33.1. The number of carboxylic acids is 1. The number of aliphatic carboxylic acids is 1. The number of aromatic nitrogens is 3. The van der Waals surface area contributed by atoms with E-state index in [1.54, 1.807) is 6.20 Å². The number of carbonyl (C=O) groups excluding carboxylic acids is 7. The van der Waals surface area contributed by atoms with Gasteiger partial charge in [0.15, 0.2) is 0 Å². The molecule has 0 bridgehead atoms. The smallest absolute Gasteiger partial charge is 0.305 e. The summed E-state index contributed by atoms with van der Waals surface area (Å²) in [6.07, 6.45) is 8.47. The van der Waals surface area contributed by atoms with E-state index in [-0.39, 0.29) is 30.9 Å². The van der Waals surface area contributed by atoms with E-state index < -0.39 is 90.5 Å². The molecule has 5 rings (SSSR count). The summed E-state index contributed by atoms with van der Waals surface area (Å²) in [7, 11) is 2.47. The minimum atomic E-state index is -1.65. The van der Waals surface area contributed by atoms with E-state index in [0.717, 1.165) is 22.1 Å². The zero-order chi connectivity index (χ0) is 44.8. The molecule has 3 aromatic heterocycles. The summed E-state index contributed by atoms with van der Waals surface area (Å²) < 4.78 is 4.04. The van der Waals surface area contributed by atoms with Gasteiger partial charge in [0.05, 0.1) is 25.7 Å². The van der Waals surface area contributed by atoms with E-state index in [2.05, 4.69) is 36.1 Å². The summed E-state index contributed by atoms with van der Waals surface area (Å²) in [5, 5.41) is 23.2. The molecule has 1 aromatic carbocycles. The average molecular weight is 894 g/mol. The lowest BCUT2D eigenvalue weighted by Gasteiger charge is -2.32. The summed E-state index contributed by atoms with van der Waals surface area (Å²) >= 11 is 0. The maximum absolute atomic E-state index is 14.1. The average Bonchev–Trinajstić information content (AvgIpc) is 3.86. The number of para-hydroxylation sites is 1. The quantitative estimate of drug-likeness (QED) is 0.0571. The Bertz CT molecular complexity index is 2270. The number of primary amides is 1. The maximum atomic E-state index is 14.1. The van der Waals surface area contributed by atoms with Gasteiger partial charge in [-0.2, -0.15) is 0 Å². The van der Waals surface area contributed by atoms with Crippen molar-refractivity contribution in [2.24, 2.45) is 5.73 Å². The fraction of sp³-hybridized carbons (Fsp3) is 0.439. The van der Waals surface area contributed by atoms with Crippen LogP contribution in [0, 0.1) is 0 Å². The molecule has 1 unspecified atom stereocenters. The lowest BCUT2D eigenvalue weighted by Crippen LogP contribution is -2.59. The number of nitrogens with two attached hydrogens (primary N) is 1. The number of hydrogen-bond donors (Lipinski definition) is 8. The molecule has 0 radical (unpaired) electrons. The molecule has 1 fully saturated rings. The number of aryl methyl sites for hydroxylation is 1. The van der Waals surface area contributed by atoms with Crippen LogP contribution in [0.1, 0.15) is 51.5 Å². The predicted octanol–water partition coefficient (Wildman–Crippen LogP) is 0.159. The Hall–Kier alpha value is -6.09. The topological polar surface area (TPSA) is 270 Å². The number of aromatic amines is 1. The number of nitrogens with one attached hydrogen (secondary N) is 6. The zero-order valence-corrected chi connectivity index (χ0v) is 36.1. The fourth-order valence-corrected chi connectivity index (χ4v) is 9.12. The van der Waals surface area contributed by atoms with Crippen LogP contribution in [0.4, 0.5) is 0 Å². The van der Waals surface area contributed by atoms with Crippen LogP contribution in [-0.4, -0.2) is 122 Å². The molecular formula is C41H53N10O9S2+. The Morgan fingerprint density at radius 3 is 2.40 bits per heavy atom. The monoisotopic (exact) mass is 893 g/mol. The summed E-state index contributed by atoms with van der Waals surface area (Å²) in [4.78, 5) is 110. The number of hydrogen-bond acceptors (Lipinski definition) is 10. The van der Waals surface area contributed by atoms with E-state index in [1.807, 2.05) is 65.5 Å². The summed E-state index contributed by atoms with van der Waals surface area (Å²) in [6, 6.07) is 7.07. The molecule has 0 aliphatic carbocycles. The van der Waals surface area contributed by atoms with Gasteiger partial charge in [-0.05, 0) is 57.2 Å². The molecule has 9 N–H and O–H groups in total. The molecule has 1 saturated heterocycles. The number of pyridine rings is 1. The highest BCUT2D eigenvalue weighted by Gasteiger charge is 2.34. The van der Waals surface area contributed by atoms with Gasteiger partial charge in [0.2, 0.25) is 41.4 Å². The lowest BCUT2D eigenvalue weighted by atomic mass is 10.1. The summed E-state index contributed by atoms with van der Waals surface area (Å²) in [5.74, 6) is -6.29. The molecule has 4 aromatic rings. The molecule has 4 heterocycles. The minimum absolute atomic E-state index is 0.00282. The lowest BCUT2D eigenvalue weighted by molar-refractivity contribution is -0.671. The number of carboxylic acid groups (broad SMARTS) is 1. The van der Waals surface area contributed by atoms with Crippen molar-refractivity contribution in [3.05, 3.63) is 72.8 Å². The molecule has 19 nitrogen and oxygen atoms in total. The van der Waals surface area contributed by atoms with Crippen molar-refractivity contribution in [2.45, 2.75) is 89.1 Å². The SMILES string of the molecule is C[C@@H]1NC(=O)[C@H](CC(=O)O)NC(=O)CNC(=O)C(CCCC[n+]2ccn3ccccc32)NC(=O)CCSSC[C@@H](C(N)=O)NC(=O)[C@H](C)N(CCc2c[nH]c3ccccc23)C1=O. The van der Waals surface area contributed by atoms with Crippen molar-refractivity contribution in [3.63, 3.8) is 0 Å². The van der Waals surface area contributed by atoms with Crippen LogP contribution < -0.4 is 36.9 Å². The number of carbonyl (C=O) groups is 8. The second-order valence-corrected chi connectivity index (χ2v) is 17.5. The molecule has 0 saturated carbocycles. The standard InChI is InChI=1S/C41H52N10O9S2/c1-25-41(60)51(17-13-27-22-43-29-10-4-3-9-28(27)29)26(2)38(57)48-32(37(42)56)24-62-61-20-14-33(52)46-30(11-5-7-15-49-18-19-50-16-8-6-12-35(49)50)39(58)44-23-34(53)47-31(21-36(54)55)40(59)45-25/h3-4,6,8-10,12,16,18-19,22,25-26,30-32,43H,5,7,11,13-15,17,20-21,23-24H2,1-2H3,(H7-,42,44,45,46,47,48,52,53,54,55,56,57,58,59)/p+1/t25-,26-,30?,31-,32-/m0/s1. The van der Waals surface area contributed by atoms with E-state index >= 15 is 0 Å². The van der Waals surface area contributed by atoms with E-state index in [9.17, 15) is 43.5 Å². The molecule has 62 heavy (non-hydrogen) atoms. The van der Waals surface area contributed by atoms with Crippen LogP contribution in [0.5, 0.6) is 0 Å². The van der Waals surface area contributed by atoms with Crippen LogP contribution in [-0.2, 0) is 51.3 Å². The van der Waals surface area contributed by atoms with Crippen molar-refractivity contribution in [2.75, 3.05) is 24.6 Å². The molecule has 7 amide bonds. The number of H-pyrrole nitrogens is 1. The third-order valence-corrected chi connectivity index (χ3v) is 12.8. The number of imidazole rings is 1. The van der Waals surface area contributed by atoms with E-state index in [0.29, 0.717) is 25.8 Å². The maximum Gasteiger partial charge on any atom is 0.305 e. The first-order valence-corrected chi connectivity index (χ1v) is 22.7. The zero-order valence-electron chi connectivity index (χ0n) is 34.5. The number of fused-ring (bicyclic) bond motifs is 2. The van der Waals surface area contributed by atoms with Gasteiger partial charge in [-0.3, -0.25) is 38.4 Å². The van der Waals surface area contributed by atoms with Crippen LogP contribution in [0.2, 0.25) is 0 Å². The van der Waals surface area contributed by atoms with Gasteiger partial charge in [-0.1, -0.05) is 45.9 Å². The second kappa shape index (κ2) is 22.7. The third-order valence-electron chi connectivity index (χ3n) is 10.4. The van der Waals surface area contributed by atoms with Crippen LogP contribution in [0.25, 0.3) is 16.6 Å². The number of nitrogens with zero attached hydrogens (tertiary/aromatic N) is 3. The van der Waals surface area contributed by atoms with Gasteiger partial charge in [-0.15, -0.1) is 0 Å². The van der Waals surface area contributed by atoms with Crippen molar-refractivity contribution < 1.29 is 48.0 Å². The Morgan fingerprint density at radius 1 is 0.871 bits per heavy atom. The molecule has 1 aliphatic heterocycles. The van der Waals surface area contributed by atoms with Gasteiger partial charge in [0, 0.05) is 47.6 Å². The minimum Gasteiger partial charge on any atom is -0.481 e. The largest absolute Gasteiger partial charge is 0.481 e. The first-order valence-electron chi connectivity index (χ1n) is 20.2. The summed E-state index contributed by atoms with van der Waals surface area (Å²) in [5.41, 5.74) is 8.37. The van der Waals surface area contributed by atoms with Crippen molar-refractivity contribution in [3.8, 4) is 0 Å². The van der Waals surface area contributed by atoms with E-state index in [4.69, 9.17) is 5.73 Å². The number of unbranched alkanes of at least 4 members (excludes halogenated alkanes) is 1. The first kappa shape index (κ1) is 47.0. The highest BCUT2D eigenvalue weighted by molar-refractivity contribution is 8.76. The molecule has 332 valence electrons. The van der Waals surface area contributed by atoms with E-state index in [1.165, 1.54) is 40.3 Å². The number of amides is 7. The molecule has 21 heteroatoms. The fourth-order valence-electron chi connectivity index (χ4n) is 6.96. The Balaban J connectivity index is 1.31. The number of benzene rings is 1. The number of rotatable bonds is 11. The second-order valence-electron chi connectivity index (χ2n) is 14.9. The van der Waals surface area contributed by atoms with Crippen LogP contribution >= 0.6 is 21.6 Å². The van der Waals surface area contributed by atoms with Crippen molar-refractivity contribution >= 4 is 85.5 Å². The highest BCUT2D eigenvalue weighted by Crippen LogP contribution is 2.23.